The van der Waals surface area contributed by atoms with E-state index in [-0.39, 0.29) is 11.1 Å². The first-order chi connectivity index (χ1) is 10.7. The van der Waals surface area contributed by atoms with Crippen molar-refractivity contribution in [1.29, 1.82) is 10.5 Å². The van der Waals surface area contributed by atoms with Crippen LogP contribution in [-0.2, 0) is 12.2 Å². The van der Waals surface area contributed by atoms with Crippen molar-refractivity contribution in [2.45, 2.75) is 30.7 Å². The first kappa shape index (κ1) is 15.8. The van der Waals surface area contributed by atoms with Gasteiger partial charge in [0.05, 0.1) is 17.3 Å². The Bertz CT molecular complexity index is 797. The molecule has 2 aromatic rings. The van der Waals surface area contributed by atoms with E-state index in [4.69, 9.17) is 10.5 Å². The smallest absolute Gasteiger partial charge is 0.269 e. The van der Waals surface area contributed by atoms with Gasteiger partial charge in [0.15, 0.2) is 5.16 Å². The van der Waals surface area contributed by atoms with Gasteiger partial charge < -0.3 is 4.98 Å². The molecule has 0 saturated heterocycles. The highest BCUT2D eigenvalue weighted by Gasteiger charge is 2.10. The number of aryl methyl sites for hydroxylation is 1. The summed E-state index contributed by atoms with van der Waals surface area (Å²) in [4.78, 5) is 18.9. The van der Waals surface area contributed by atoms with E-state index >= 15 is 0 Å². The Balaban J connectivity index is 2.17. The van der Waals surface area contributed by atoms with E-state index < -0.39 is 0 Å². The number of aromatic nitrogens is 2. The molecule has 0 radical (unpaired) electrons. The molecule has 0 aliphatic heterocycles. The minimum atomic E-state index is -0.386. The molecule has 0 bridgehead atoms. The third-order valence-corrected chi connectivity index (χ3v) is 3.97. The lowest BCUT2D eigenvalue weighted by atomic mass is 10.1. The highest BCUT2D eigenvalue weighted by Crippen LogP contribution is 2.19. The molecule has 5 nitrogen and oxygen atoms in total. The van der Waals surface area contributed by atoms with Crippen LogP contribution in [0.15, 0.2) is 34.2 Å². The summed E-state index contributed by atoms with van der Waals surface area (Å²) in [6, 6.07) is 11.3. The van der Waals surface area contributed by atoms with E-state index in [1.807, 2.05) is 25.1 Å². The van der Waals surface area contributed by atoms with Crippen LogP contribution < -0.4 is 5.56 Å². The Hall–Kier alpha value is -2.57. The average Bonchev–Trinajstić information content (AvgIpc) is 2.53. The molecule has 0 saturated carbocycles. The van der Waals surface area contributed by atoms with Crippen LogP contribution in [0.1, 0.15) is 35.7 Å². The van der Waals surface area contributed by atoms with Gasteiger partial charge >= 0.3 is 0 Å². The predicted molar refractivity (Wildman–Crippen MR) is 84.3 cm³/mol. The Morgan fingerprint density at radius 2 is 1.95 bits per heavy atom. The molecule has 0 spiro atoms. The second kappa shape index (κ2) is 7.44. The second-order valence-electron chi connectivity index (χ2n) is 4.65. The maximum absolute atomic E-state index is 11.9. The second-order valence-corrected chi connectivity index (χ2v) is 5.62. The van der Waals surface area contributed by atoms with Crippen LogP contribution in [0.2, 0.25) is 0 Å². The molecule has 0 fully saturated rings. The molecule has 1 N–H and O–H groups in total. The van der Waals surface area contributed by atoms with Gasteiger partial charge in [0.25, 0.3) is 5.56 Å². The molecule has 22 heavy (non-hydrogen) atoms. The van der Waals surface area contributed by atoms with E-state index in [1.54, 1.807) is 12.1 Å². The maximum atomic E-state index is 11.9. The minimum absolute atomic E-state index is 0.101. The quantitative estimate of drug-likeness (QED) is 0.677. The molecule has 1 heterocycles. The minimum Gasteiger partial charge on any atom is -0.300 e. The number of benzene rings is 1. The van der Waals surface area contributed by atoms with Gasteiger partial charge in [-0.3, -0.25) is 4.79 Å². The SMILES string of the molecule is CCCc1nc(SCc2ccc(C#N)cc2)[nH]c(=O)c1C#N. The van der Waals surface area contributed by atoms with Crippen LogP contribution in [0, 0.1) is 22.7 Å². The Kier molecular flexibility index (Phi) is 5.35. The number of rotatable bonds is 5. The van der Waals surface area contributed by atoms with Crippen molar-refractivity contribution in [3.8, 4) is 12.1 Å². The van der Waals surface area contributed by atoms with E-state index in [2.05, 4.69) is 16.0 Å². The van der Waals surface area contributed by atoms with Crippen LogP contribution in [-0.4, -0.2) is 9.97 Å². The molecule has 1 aromatic carbocycles. The summed E-state index contributed by atoms with van der Waals surface area (Å²) < 4.78 is 0. The first-order valence-electron chi connectivity index (χ1n) is 6.83. The Morgan fingerprint density at radius 3 is 2.55 bits per heavy atom. The maximum Gasteiger partial charge on any atom is 0.269 e. The molecular formula is C16H14N4OS. The predicted octanol–water partition coefficient (Wildman–Crippen LogP) is 2.76. The van der Waals surface area contributed by atoms with Crippen LogP contribution in [0.3, 0.4) is 0 Å². The van der Waals surface area contributed by atoms with Crippen LogP contribution in [0.5, 0.6) is 0 Å². The summed E-state index contributed by atoms with van der Waals surface area (Å²) in [7, 11) is 0. The number of thioether (sulfide) groups is 1. The third-order valence-electron chi connectivity index (χ3n) is 3.03. The van der Waals surface area contributed by atoms with E-state index in [0.29, 0.717) is 28.6 Å². The molecule has 1 aromatic heterocycles. The van der Waals surface area contributed by atoms with Crippen LogP contribution >= 0.6 is 11.8 Å². The number of nitriles is 2. The molecule has 0 aliphatic carbocycles. The van der Waals surface area contributed by atoms with Crippen molar-refractivity contribution in [2.24, 2.45) is 0 Å². The zero-order chi connectivity index (χ0) is 15.9. The van der Waals surface area contributed by atoms with Crippen molar-refractivity contribution in [2.75, 3.05) is 0 Å². The van der Waals surface area contributed by atoms with Gasteiger partial charge in [0.1, 0.15) is 11.6 Å². The van der Waals surface area contributed by atoms with Crippen LogP contribution in [0.25, 0.3) is 0 Å². The van der Waals surface area contributed by atoms with Crippen LogP contribution in [0.4, 0.5) is 0 Å². The molecule has 0 aliphatic rings. The summed E-state index contributed by atoms with van der Waals surface area (Å²) >= 11 is 1.40. The fourth-order valence-electron chi connectivity index (χ4n) is 1.93. The fourth-order valence-corrected chi connectivity index (χ4v) is 2.76. The monoisotopic (exact) mass is 310 g/mol. The summed E-state index contributed by atoms with van der Waals surface area (Å²) in [6.07, 6.45) is 1.43. The molecular weight excluding hydrogens is 296 g/mol. The number of nitrogens with zero attached hydrogens (tertiary/aromatic N) is 3. The standard InChI is InChI=1S/C16H14N4OS/c1-2-3-14-13(9-18)15(21)20-16(19-14)22-10-12-6-4-11(8-17)5-7-12/h4-7H,2-3,10H2,1H3,(H,19,20,21). The Morgan fingerprint density at radius 1 is 1.23 bits per heavy atom. The highest BCUT2D eigenvalue weighted by atomic mass is 32.2. The van der Waals surface area contributed by atoms with Gasteiger partial charge in [-0.1, -0.05) is 37.2 Å². The zero-order valence-electron chi connectivity index (χ0n) is 12.1. The number of nitrogens with one attached hydrogen (secondary N) is 1. The summed E-state index contributed by atoms with van der Waals surface area (Å²) in [5.41, 5.74) is 1.92. The molecule has 0 amide bonds. The molecule has 0 unspecified atom stereocenters. The van der Waals surface area contributed by atoms with Crippen molar-refractivity contribution in [3.05, 3.63) is 57.0 Å². The van der Waals surface area contributed by atoms with Crippen molar-refractivity contribution < 1.29 is 0 Å². The number of aromatic amines is 1. The van der Waals surface area contributed by atoms with Gasteiger partial charge in [-0.2, -0.15) is 10.5 Å². The lowest BCUT2D eigenvalue weighted by molar-refractivity contribution is 0.809. The normalized spacial score (nSPS) is 9.95. The van der Waals surface area contributed by atoms with Gasteiger partial charge in [-0.15, -0.1) is 0 Å². The lowest BCUT2D eigenvalue weighted by Gasteiger charge is -2.05. The summed E-state index contributed by atoms with van der Waals surface area (Å²) in [6.45, 7) is 1.98. The molecule has 6 heteroatoms. The van der Waals surface area contributed by atoms with Crippen molar-refractivity contribution >= 4 is 11.8 Å². The zero-order valence-corrected chi connectivity index (χ0v) is 12.9. The summed E-state index contributed by atoms with van der Waals surface area (Å²) in [5.74, 6) is 0.631. The topological polar surface area (TPSA) is 93.3 Å². The van der Waals surface area contributed by atoms with Gasteiger partial charge in [-0.05, 0) is 24.1 Å². The third kappa shape index (κ3) is 3.75. The van der Waals surface area contributed by atoms with Gasteiger partial charge in [-0.25, -0.2) is 4.98 Å². The molecule has 110 valence electrons. The van der Waals surface area contributed by atoms with E-state index in [0.717, 1.165) is 12.0 Å². The average molecular weight is 310 g/mol. The molecule has 0 atom stereocenters. The van der Waals surface area contributed by atoms with Crippen molar-refractivity contribution in [3.63, 3.8) is 0 Å². The van der Waals surface area contributed by atoms with E-state index in [9.17, 15) is 4.79 Å². The number of hydrogen-bond donors (Lipinski definition) is 1. The van der Waals surface area contributed by atoms with Crippen molar-refractivity contribution in [1.82, 2.24) is 9.97 Å². The largest absolute Gasteiger partial charge is 0.300 e. The first-order valence-corrected chi connectivity index (χ1v) is 7.81. The van der Waals surface area contributed by atoms with Gasteiger partial charge in [0, 0.05) is 5.75 Å². The fraction of sp³-hybridized carbons (Fsp3) is 0.250. The lowest BCUT2D eigenvalue weighted by Crippen LogP contribution is -2.16. The highest BCUT2D eigenvalue weighted by molar-refractivity contribution is 7.98. The van der Waals surface area contributed by atoms with Gasteiger partial charge in [0.2, 0.25) is 0 Å². The number of H-pyrrole nitrogens is 1. The molecule has 2 rings (SSSR count). The Labute approximate surface area is 132 Å². The summed E-state index contributed by atoms with van der Waals surface area (Å²) in [5, 5.41) is 18.3. The number of hydrogen-bond acceptors (Lipinski definition) is 5. The van der Waals surface area contributed by atoms with E-state index in [1.165, 1.54) is 11.8 Å².